The van der Waals surface area contributed by atoms with Crippen molar-refractivity contribution < 1.29 is 13.5 Å². The van der Waals surface area contributed by atoms with Crippen LogP contribution in [-0.2, 0) is 13.2 Å². The number of aromatic nitrogens is 1. The second-order valence-corrected chi connectivity index (χ2v) is 5.18. The monoisotopic (exact) mass is 290 g/mol. The normalized spacial score (nSPS) is 14.2. The molecule has 0 aliphatic heterocycles. The van der Waals surface area contributed by atoms with Crippen molar-refractivity contribution >= 4 is 0 Å². The van der Waals surface area contributed by atoms with E-state index in [1.165, 1.54) is 18.9 Å². The number of benzene rings is 1. The van der Waals surface area contributed by atoms with Crippen molar-refractivity contribution in [2.45, 2.75) is 32.0 Å². The van der Waals surface area contributed by atoms with E-state index < -0.39 is 11.6 Å². The molecular weight excluding hydrogens is 274 g/mol. The molecule has 110 valence electrons. The van der Waals surface area contributed by atoms with Crippen LogP contribution in [0.25, 0.3) is 0 Å². The van der Waals surface area contributed by atoms with Crippen LogP contribution in [-0.4, -0.2) is 11.0 Å². The van der Waals surface area contributed by atoms with Crippen molar-refractivity contribution in [2.75, 3.05) is 0 Å². The van der Waals surface area contributed by atoms with Gasteiger partial charge in [-0.05, 0) is 42.7 Å². The molecule has 2 aromatic rings. The van der Waals surface area contributed by atoms with Gasteiger partial charge in [0, 0.05) is 12.6 Å². The first-order chi connectivity index (χ1) is 10.2. The number of nitrogens with zero attached hydrogens (tertiary/aromatic N) is 1. The molecule has 3 nitrogen and oxygen atoms in total. The van der Waals surface area contributed by atoms with Gasteiger partial charge in [0.25, 0.3) is 0 Å². The van der Waals surface area contributed by atoms with Crippen LogP contribution < -0.4 is 10.1 Å². The number of pyridine rings is 1. The molecule has 3 rings (SSSR count). The maximum Gasteiger partial charge on any atom is 0.159 e. The first-order valence-corrected chi connectivity index (χ1v) is 6.96. The SMILES string of the molecule is Fc1ccc(COc2ccc(CNC3CC3)nc2)cc1F. The van der Waals surface area contributed by atoms with Crippen molar-refractivity contribution in [3.63, 3.8) is 0 Å². The van der Waals surface area contributed by atoms with Crippen molar-refractivity contribution in [1.82, 2.24) is 10.3 Å². The molecule has 0 atom stereocenters. The van der Waals surface area contributed by atoms with Crippen molar-refractivity contribution in [3.8, 4) is 5.75 Å². The van der Waals surface area contributed by atoms with Gasteiger partial charge in [0.05, 0.1) is 11.9 Å². The number of ether oxygens (including phenoxy) is 1. The smallest absolute Gasteiger partial charge is 0.159 e. The Balaban J connectivity index is 1.53. The van der Waals surface area contributed by atoms with Crippen LogP contribution in [0.5, 0.6) is 5.75 Å². The highest BCUT2D eigenvalue weighted by Gasteiger charge is 2.20. The fraction of sp³-hybridized carbons (Fsp3) is 0.312. The van der Waals surface area contributed by atoms with Crippen molar-refractivity contribution in [3.05, 3.63) is 59.4 Å². The predicted molar refractivity (Wildman–Crippen MR) is 74.8 cm³/mol. The van der Waals surface area contributed by atoms with Crippen LogP contribution in [0, 0.1) is 11.6 Å². The minimum absolute atomic E-state index is 0.179. The van der Waals surface area contributed by atoms with E-state index >= 15 is 0 Å². The quantitative estimate of drug-likeness (QED) is 0.887. The summed E-state index contributed by atoms with van der Waals surface area (Å²) in [5, 5.41) is 3.38. The van der Waals surface area contributed by atoms with E-state index in [4.69, 9.17) is 4.74 Å². The lowest BCUT2D eigenvalue weighted by Crippen LogP contribution is -2.16. The molecule has 0 radical (unpaired) electrons. The van der Waals surface area contributed by atoms with E-state index in [2.05, 4.69) is 10.3 Å². The number of hydrogen-bond donors (Lipinski definition) is 1. The Morgan fingerprint density at radius 2 is 2.00 bits per heavy atom. The largest absolute Gasteiger partial charge is 0.487 e. The van der Waals surface area contributed by atoms with Gasteiger partial charge in [0.1, 0.15) is 12.4 Å². The molecule has 0 unspecified atom stereocenters. The van der Waals surface area contributed by atoms with Crippen LogP contribution in [0.2, 0.25) is 0 Å². The zero-order valence-corrected chi connectivity index (χ0v) is 11.5. The van der Waals surface area contributed by atoms with Gasteiger partial charge in [0.15, 0.2) is 11.6 Å². The van der Waals surface area contributed by atoms with Gasteiger partial charge < -0.3 is 10.1 Å². The Morgan fingerprint density at radius 3 is 2.67 bits per heavy atom. The summed E-state index contributed by atoms with van der Waals surface area (Å²) in [6.45, 7) is 0.937. The molecule has 21 heavy (non-hydrogen) atoms. The summed E-state index contributed by atoms with van der Waals surface area (Å²) in [6.07, 6.45) is 4.13. The third kappa shape index (κ3) is 3.98. The summed E-state index contributed by atoms with van der Waals surface area (Å²) >= 11 is 0. The minimum Gasteiger partial charge on any atom is -0.487 e. The highest BCUT2D eigenvalue weighted by molar-refractivity contribution is 5.22. The first kappa shape index (κ1) is 13.9. The minimum atomic E-state index is -0.865. The van der Waals surface area contributed by atoms with E-state index in [1.54, 1.807) is 6.20 Å². The molecule has 1 fully saturated rings. The molecule has 1 aliphatic rings. The molecule has 1 aliphatic carbocycles. The number of rotatable bonds is 6. The van der Waals surface area contributed by atoms with Crippen LogP contribution in [0.1, 0.15) is 24.1 Å². The third-order valence-corrected chi connectivity index (χ3v) is 3.34. The topological polar surface area (TPSA) is 34.1 Å². The lowest BCUT2D eigenvalue weighted by molar-refractivity contribution is 0.303. The van der Waals surface area contributed by atoms with Crippen molar-refractivity contribution in [1.29, 1.82) is 0 Å². The molecule has 1 saturated carbocycles. The standard InChI is InChI=1S/C16H16F2N2O/c17-15-6-1-11(7-16(15)18)10-21-14-5-4-13(20-9-14)8-19-12-2-3-12/h1,4-7,9,12,19H,2-3,8,10H2. The summed E-state index contributed by atoms with van der Waals surface area (Å²) in [6, 6.07) is 8.11. The second-order valence-electron chi connectivity index (χ2n) is 5.18. The molecule has 0 amide bonds. The van der Waals surface area contributed by atoms with E-state index in [9.17, 15) is 8.78 Å². The first-order valence-electron chi connectivity index (χ1n) is 6.96. The molecule has 1 aromatic heterocycles. The Bertz CT molecular complexity index is 612. The fourth-order valence-electron chi connectivity index (χ4n) is 1.93. The molecule has 0 spiro atoms. The zero-order chi connectivity index (χ0) is 14.7. The molecule has 0 saturated heterocycles. The maximum atomic E-state index is 13.1. The summed E-state index contributed by atoms with van der Waals surface area (Å²) in [4.78, 5) is 4.30. The number of nitrogens with one attached hydrogen (secondary N) is 1. The molecule has 1 heterocycles. The Morgan fingerprint density at radius 1 is 1.14 bits per heavy atom. The lowest BCUT2D eigenvalue weighted by Gasteiger charge is -2.07. The van der Waals surface area contributed by atoms with Gasteiger partial charge >= 0.3 is 0 Å². The second kappa shape index (κ2) is 6.18. The third-order valence-electron chi connectivity index (χ3n) is 3.34. The fourth-order valence-corrected chi connectivity index (χ4v) is 1.93. The lowest BCUT2D eigenvalue weighted by atomic mass is 10.2. The number of halogens is 2. The van der Waals surface area contributed by atoms with Gasteiger partial charge in [-0.3, -0.25) is 4.98 Å². The average molecular weight is 290 g/mol. The Kier molecular flexibility index (Phi) is 4.10. The van der Waals surface area contributed by atoms with E-state index in [0.717, 1.165) is 24.4 Å². The molecule has 5 heteroatoms. The maximum absolute atomic E-state index is 13.1. The van der Waals surface area contributed by atoms with Gasteiger partial charge in [0.2, 0.25) is 0 Å². The van der Waals surface area contributed by atoms with Crippen LogP contribution in [0.15, 0.2) is 36.5 Å². The predicted octanol–water partition coefficient (Wildman–Crippen LogP) is 3.19. The average Bonchev–Trinajstić information content (AvgIpc) is 3.32. The molecular formula is C16H16F2N2O. The van der Waals surface area contributed by atoms with E-state index in [1.807, 2.05) is 12.1 Å². The Hall–Kier alpha value is -2.01. The van der Waals surface area contributed by atoms with Crippen LogP contribution in [0.4, 0.5) is 8.78 Å². The van der Waals surface area contributed by atoms with E-state index in [0.29, 0.717) is 17.4 Å². The van der Waals surface area contributed by atoms with Gasteiger partial charge in [-0.25, -0.2) is 8.78 Å². The molecule has 1 N–H and O–H groups in total. The van der Waals surface area contributed by atoms with Gasteiger partial charge in [-0.1, -0.05) is 6.07 Å². The van der Waals surface area contributed by atoms with Crippen LogP contribution in [0.3, 0.4) is 0 Å². The van der Waals surface area contributed by atoms with Gasteiger partial charge in [-0.15, -0.1) is 0 Å². The summed E-state index contributed by atoms with van der Waals surface area (Å²) in [5.74, 6) is -1.11. The highest BCUT2D eigenvalue weighted by Crippen LogP contribution is 2.19. The highest BCUT2D eigenvalue weighted by atomic mass is 19.2. The Labute approximate surface area is 122 Å². The van der Waals surface area contributed by atoms with Crippen molar-refractivity contribution in [2.24, 2.45) is 0 Å². The number of hydrogen-bond acceptors (Lipinski definition) is 3. The van der Waals surface area contributed by atoms with E-state index in [-0.39, 0.29) is 6.61 Å². The zero-order valence-electron chi connectivity index (χ0n) is 11.5. The summed E-state index contributed by atoms with van der Waals surface area (Å²) in [5.41, 5.74) is 1.54. The molecule has 1 aromatic carbocycles. The molecule has 0 bridgehead atoms. The summed E-state index contributed by atoms with van der Waals surface area (Å²) < 4.78 is 31.4. The van der Waals surface area contributed by atoms with Gasteiger partial charge in [-0.2, -0.15) is 0 Å². The van der Waals surface area contributed by atoms with Crippen LogP contribution >= 0.6 is 0 Å². The summed E-state index contributed by atoms with van der Waals surface area (Å²) in [7, 11) is 0.